The van der Waals surface area contributed by atoms with Gasteiger partial charge in [-0.25, -0.2) is 0 Å². The van der Waals surface area contributed by atoms with E-state index in [0.29, 0.717) is 12.1 Å². The lowest BCUT2D eigenvalue weighted by molar-refractivity contribution is -0.138. The van der Waals surface area contributed by atoms with Gasteiger partial charge in [0.25, 0.3) is 5.56 Å². The number of carbonyl (C=O) groups excluding carboxylic acids is 2. The summed E-state index contributed by atoms with van der Waals surface area (Å²) in [5, 5.41) is 2.86. The van der Waals surface area contributed by atoms with E-state index in [-0.39, 0.29) is 35.8 Å². The summed E-state index contributed by atoms with van der Waals surface area (Å²) in [6, 6.07) is 1.90. The SMILES string of the molecule is Cc1cc(C)c(CNC(=O)C2CCCN(C(=O)C(C)C)C2)c(=O)[nH]1. The quantitative estimate of drug-likeness (QED) is 0.876. The number of aromatic amines is 1. The molecule has 0 aromatic carbocycles. The Kier molecular flexibility index (Phi) is 5.80. The zero-order valence-corrected chi connectivity index (χ0v) is 14.9. The monoisotopic (exact) mass is 333 g/mol. The van der Waals surface area contributed by atoms with E-state index in [0.717, 1.165) is 30.6 Å². The number of pyridine rings is 1. The molecule has 2 N–H and O–H groups in total. The molecule has 2 rings (SSSR count). The van der Waals surface area contributed by atoms with Crippen LogP contribution in [0.4, 0.5) is 0 Å². The number of nitrogens with one attached hydrogen (secondary N) is 2. The van der Waals surface area contributed by atoms with Gasteiger partial charge in [-0.3, -0.25) is 14.4 Å². The summed E-state index contributed by atoms with van der Waals surface area (Å²) in [6.07, 6.45) is 1.61. The summed E-state index contributed by atoms with van der Waals surface area (Å²) in [5.74, 6) is -0.249. The third kappa shape index (κ3) is 4.24. The minimum Gasteiger partial charge on any atom is -0.352 e. The van der Waals surface area contributed by atoms with Crippen LogP contribution in [0.25, 0.3) is 0 Å². The van der Waals surface area contributed by atoms with Crippen molar-refractivity contribution in [1.82, 2.24) is 15.2 Å². The van der Waals surface area contributed by atoms with Gasteiger partial charge in [0.2, 0.25) is 11.8 Å². The maximum Gasteiger partial charge on any atom is 0.253 e. The summed E-state index contributed by atoms with van der Waals surface area (Å²) in [4.78, 5) is 41.1. The maximum atomic E-state index is 12.4. The topological polar surface area (TPSA) is 82.3 Å². The van der Waals surface area contributed by atoms with E-state index in [1.165, 1.54) is 0 Å². The van der Waals surface area contributed by atoms with Gasteiger partial charge in [-0.05, 0) is 38.3 Å². The number of amides is 2. The van der Waals surface area contributed by atoms with Crippen molar-refractivity contribution < 1.29 is 9.59 Å². The van der Waals surface area contributed by atoms with Crippen molar-refractivity contribution in [2.75, 3.05) is 13.1 Å². The van der Waals surface area contributed by atoms with Crippen molar-refractivity contribution in [1.29, 1.82) is 0 Å². The number of nitrogens with zero attached hydrogens (tertiary/aromatic N) is 1. The molecule has 2 amide bonds. The summed E-state index contributed by atoms with van der Waals surface area (Å²) >= 11 is 0. The molecule has 1 aromatic rings. The lowest BCUT2D eigenvalue weighted by Gasteiger charge is -2.33. The lowest BCUT2D eigenvalue weighted by Crippen LogP contribution is -2.46. The standard InChI is InChI=1S/C18H27N3O3/c1-11(2)18(24)21-7-5-6-14(10-21)16(22)19-9-15-12(3)8-13(4)20-17(15)23/h8,11,14H,5-7,9-10H2,1-4H3,(H,19,22)(H,20,23). The highest BCUT2D eigenvalue weighted by Crippen LogP contribution is 2.18. The number of H-pyrrole nitrogens is 1. The molecule has 0 saturated carbocycles. The lowest BCUT2D eigenvalue weighted by atomic mass is 9.96. The Balaban J connectivity index is 1.98. The molecule has 1 fully saturated rings. The summed E-state index contributed by atoms with van der Waals surface area (Å²) in [6.45, 7) is 8.85. The number of hydrogen-bond donors (Lipinski definition) is 2. The molecule has 6 heteroatoms. The Morgan fingerprint density at radius 3 is 2.71 bits per heavy atom. The first-order chi connectivity index (χ1) is 11.3. The number of rotatable bonds is 4. The average Bonchev–Trinajstić information content (AvgIpc) is 2.52. The molecule has 1 aromatic heterocycles. The molecule has 132 valence electrons. The predicted molar refractivity (Wildman–Crippen MR) is 92.5 cm³/mol. The maximum absolute atomic E-state index is 12.4. The van der Waals surface area contributed by atoms with Crippen molar-refractivity contribution in [3.8, 4) is 0 Å². The normalized spacial score (nSPS) is 17.9. The fourth-order valence-electron chi connectivity index (χ4n) is 3.18. The minimum atomic E-state index is -0.203. The number of likely N-dealkylation sites (tertiary alicyclic amines) is 1. The summed E-state index contributed by atoms with van der Waals surface area (Å²) in [5.41, 5.74) is 2.10. The molecule has 0 aliphatic carbocycles. The second-order valence-corrected chi connectivity index (χ2v) is 6.94. The molecule has 24 heavy (non-hydrogen) atoms. The fraction of sp³-hybridized carbons (Fsp3) is 0.611. The summed E-state index contributed by atoms with van der Waals surface area (Å²) in [7, 11) is 0. The molecule has 1 aliphatic heterocycles. The highest BCUT2D eigenvalue weighted by atomic mass is 16.2. The number of carbonyl (C=O) groups is 2. The van der Waals surface area contributed by atoms with Gasteiger partial charge >= 0.3 is 0 Å². The summed E-state index contributed by atoms with van der Waals surface area (Å²) < 4.78 is 0. The van der Waals surface area contributed by atoms with Gasteiger partial charge in [0.15, 0.2) is 0 Å². The molecule has 0 radical (unpaired) electrons. The van der Waals surface area contributed by atoms with E-state index in [1.807, 2.05) is 33.8 Å². The molecule has 6 nitrogen and oxygen atoms in total. The molecule has 0 spiro atoms. The molecule has 0 bridgehead atoms. The van der Waals surface area contributed by atoms with Crippen molar-refractivity contribution in [2.45, 2.75) is 47.1 Å². The Morgan fingerprint density at radius 1 is 1.38 bits per heavy atom. The average molecular weight is 333 g/mol. The van der Waals surface area contributed by atoms with Crippen molar-refractivity contribution >= 4 is 11.8 Å². The first-order valence-electron chi connectivity index (χ1n) is 8.55. The first kappa shape index (κ1) is 18.2. The zero-order chi connectivity index (χ0) is 17.9. The van der Waals surface area contributed by atoms with E-state index in [4.69, 9.17) is 0 Å². The van der Waals surface area contributed by atoms with Crippen LogP contribution in [0.2, 0.25) is 0 Å². The van der Waals surface area contributed by atoms with Crippen LogP contribution >= 0.6 is 0 Å². The predicted octanol–water partition coefficient (Wildman–Crippen LogP) is 1.50. The van der Waals surface area contributed by atoms with Crippen LogP contribution in [0.5, 0.6) is 0 Å². The molecular weight excluding hydrogens is 306 g/mol. The smallest absolute Gasteiger partial charge is 0.253 e. The Morgan fingerprint density at radius 2 is 2.08 bits per heavy atom. The zero-order valence-electron chi connectivity index (χ0n) is 14.9. The molecular formula is C18H27N3O3. The van der Waals surface area contributed by atoms with Crippen LogP contribution < -0.4 is 10.9 Å². The molecule has 1 saturated heterocycles. The third-order valence-electron chi connectivity index (χ3n) is 4.53. The molecule has 1 aliphatic rings. The van der Waals surface area contributed by atoms with E-state index >= 15 is 0 Å². The van der Waals surface area contributed by atoms with Gasteiger partial charge in [-0.2, -0.15) is 0 Å². The second-order valence-electron chi connectivity index (χ2n) is 6.94. The number of aryl methyl sites for hydroxylation is 2. The van der Waals surface area contributed by atoms with Crippen LogP contribution in [-0.4, -0.2) is 34.8 Å². The van der Waals surface area contributed by atoms with Gasteiger partial charge in [-0.15, -0.1) is 0 Å². The van der Waals surface area contributed by atoms with E-state index < -0.39 is 0 Å². The third-order valence-corrected chi connectivity index (χ3v) is 4.53. The van der Waals surface area contributed by atoms with Crippen LogP contribution in [0, 0.1) is 25.7 Å². The Hall–Kier alpha value is -2.11. The van der Waals surface area contributed by atoms with E-state index in [9.17, 15) is 14.4 Å². The number of aromatic nitrogens is 1. The van der Waals surface area contributed by atoms with E-state index in [1.54, 1.807) is 4.90 Å². The van der Waals surface area contributed by atoms with Crippen molar-refractivity contribution in [2.24, 2.45) is 11.8 Å². The van der Waals surface area contributed by atoms with Crippen LogP contribution in [-0.2, 0) is 16.1 Å². The van der Waals surface area contributed by atoms with Crippen LogP contribution in [0.1, 0.15) is 43.5 Å². The molecule has 1 unspecified atom stereocenters. The second kappa shape index (κ2) is 7.64. The largest absolute Gasteiger partial charge is 0.352 e. The molecule has 1 atom stereocenters. The molecule has 2 heterocycles. The van der Waals surface area contributed by atoms with E-state index in [2.05, 4.69) is 10.3 Å². The fourth-order valence-corrected chi connectivity index (χ4v) is 3.18. The minimum absolute atomic E-state index is 0.0550. The van der Waals surface area contributed by atoms with Gasteiger partial charge < -0.3 is 15.2 Å². The first-order valence-corrected chi connectivity index (χ1v) is 8.55. The van der Waals surface area contributed by atoms with Gasteiger partial charge in [-0.1, -0.05) is 13.8 Å². The van der Waals surface area contributed by atoms with Crippen molar-refractivity contribution in [3.63, 3.8) is 0 Å². The van der Waals surface area contributed by atoms with Gasteiger partial charge in [0.1, 0.15) is 0 Å². The number of piperidine rings is 1. The highest BCUT2D eigenvalue weighted by Gasteiger charge is 2.29. The van der Waals surface area contributed by atoms with Crippen LogP contribution in [0.3, 0.4) is 0 Å². The Bertz CT molecular complexity index is 679. The van der Waals surface area contributed by atoms with Gasteiger partial charge in [0.05, 0.1) is 5.92 Å². The van der Waals surface area contributed by atoms with Gasteiger partial charge in [0, 0.05) is 36.8 Å². The van der Waals surface area contributed by atoms with Crippen molar-refractivity contribution in [3.05, 3.63) is 33.2 Å². The highest BCUT2D eigenvalue weighted by molar-refractivity contribution is 5.82. The van der Waals surface area contributed by atoms with Crippen LogP contribution in [0.15, 0.2) is 10.9 Å². The Labute approximate surface area is 142 Å². The number of hydrogen-bond acceptors (Lipinski definition) is 3.